The zero-order chi connectivity index (χ0) is 30.4. The number of quaternary nitrogens is 1. The van der Waals surface area contributed by atoms with Gasteiger partial charge in [-0.3, -0.25) is 0 Å². The van der Waals surface area contributed by atoms with Crippen LogP contribution in [0.5, 0.6) is 0 Å². The van der Waals surface area contributed by atoms with Gasteiger partial charge in [-0.15, -0.1) is 0 Å². The third-order valence-electron chi connectivity index (χ3n) is 3.95. The van der Waals surface area contributed by atoms with Gasteiger partial charge in [0.1, 0.15) is 0 Å². The van der Waals surface area contributed by atoms with Crippen LogP contribution >= 0.6 is 0 Å². The first-order valence-electron chi connectivity index (χ1n) is 8.60. The molecule has 0 aliphatic heterocycles. The Morgan fingerprint density at radius 2 is 0.811 bits per heavy atom. The second-order valence-corrected chi connectivity index (χ2v) is 9.62. The summed E-state index contributed by atoms with van der Waals surface area (Å²) in [5.74, 6) is -51.6. The first-order valence-corrected chi connectivity index (χ1v) is 10.1. The number of alkyl halides is 17. The molecule has 0 saturated carbocycles. The number of sulfonamides is 1. The van der Waals surface area contributed by atoms with E-state index in [1.165, 1.54) is 13.0 Å². The van der Waals surface area contributed by atoms with E-state index in [0.717, 1.165) is 4.48 Å². The fourth-order valence-electron chi connectivity index (χ4n) is 2.00. The van der Waals surface area contributed by atoms with Crippen LogP contribution in [-0.2, 0) is 10.0 Å². The molecule has 4 nitrogen and oxygen atoms in total. The summed E-state index contributed by atoms with van der Waals surface area (Å²) in [6, 6.07) is 0. The molecule has 0 unspecified atom stereocenters. The minimum absolute atomic E-state index is 0. The van der Waals surface area contributed by atoms with Gasteiger partial charge in [-0.2, -0.15) is 74.6 Å². The minimum atomic E-state index is -8.84. The smallest absolute Gasteiger partial charge is 0.460 e. The maximum absolute atomic E-state index is 13.1. The first-order chi connectivity index (χ1) is 15.1. The second-order valence-electron chi connectivity index (χ2n) is 8.02. The van der Waals surface area contributed by atoms with E-state index in [1.54, 1.807) is 0 Å². The summed E-state index contributed by atoms with van der Waals surface area (Å²) in [5.41, 5.74) is 0. The van der Waals surface area contributed by atoms with Gasteiger partial charge in [0.25, 0.3) is 10.0 Å². The largest absolute Gasteiger partial charge is 1.00 e. The van der Waals surface area contributed by atoms with Gasteiger partial charge in [-0.1, -0.05) is 6.92 Å². The highest BCUT2D eigenvalue weighted by molar-refractivity contribution is 7.90. The third kappa shape index (κ3) is 6.95. The van der Waals surface area contributed by atoms with Gasteiger partial charge in [0.15, 0.2) is 0 Å². The quantitative estimate of drug-likeness (QED) is 0.226. The topological polar surface area (TPSA) is 60.2 Å². The average molecular weight is 728 g/mol. The van der Waals surface area contributed by atoms with Crippen LogP contribution in [-0.4, -0.2) is 87.6 Å². The molecule has 0 aliphatic rings. The van der Waals surface area contributed by atoms with Crippen LogP contribution < -0.4 is 29.1 Å². The van der Waals surface area contributed by atoms with Gasteiger partial charge in [-0.25, -0.2) is 13.6 Å². The molecular formula is C14H18F17IN2O2S. The number of hydrogen-bond acceptors (Lipinski definition) is 2. The number of nitrogens with zero attached hydrogens (tertiary/aromatic N) is 1. The summed E-state index contributed by atoms with van der Waals surface area (Å²) >= 11 is 0. The molecule has 0 spiro atoms. The Morgan fingerprint density at radius 3 is 0.973 bits per heavy atom. The van der Waals surface area contributed by atoms with E-state index in [1.807, 2.05) is 0 Å². The molecule has 0 aromatic rings. The Bertz CT molecular complexity index is 866. The lowest BCUT2D eigenvalue weighted by atomic mass is 9.91. The van der Waals surface area contributed by atoms with E-state index in [9.17, 15) is 83.1 Å². The zero-order valence-electron chi connectivity index (χ0n) is 18.5. The van der Waals surface area contributed by atoms with Gasteiger partial charge in [0.2, 0.25) is 0 Å². The Balaban J connectivity index is -0.00000126. The van der Waals surface area contributed by atoms with Crippen molar-refractivity contribution >= 4 is 10.0 Å². The molecule has 0 aromatic heterocycles. The molecule has 0 fully saturated rings. The summed E-state index contributed by atoms with van der Waals surface area (Å²) in [6.45, 7) is 3.49. The molecule has 0 amide bonds. The van der Waals surface area contributed by atoms with E-state index < -0.39 is 57.0 Å². The van der Waals surface area contributed by atoms with E-state index in [0.29, 0.717) is 0 Å². The Hall–Kier alpha value is -0.590. The molecule has 0 atom stereocenters. The molecular weight excluding hydrogens is 710 g/mol. The van der Waals surface area contributed by atoms with Crippen molar-refractivity contribution in [3.8, 4) is 0 Å². The summed E-state index contributed by atoms with van der Waals surface area (Å²) < 4.78 is 237. The standard InChI is InChI=1S/C8H2F17NO2S.C6H16N.HI/c9-1(10,3(13,14)5(17,18)7(21,22)23)2(11,12)4(15,16)6(19,20)8(24,25)29(26,27)28;1-5-6-7(2,3)4;/h(H2,26,27,28);5-6H2,1-4H3;1H/q;+1;/p-1. The highest BCUT2D eigenvalue weighted by atomic mass is 127. The van der Waals surface area contributed by atoms with Crippen LogP contribution in [0, 0.1) is 0 Å². The molecule has 0 radical (unpaired) electrons. The molecule has 0 heterocycles. The lowest BCUT2D eigenvalue weighted by Crippen LogP contribution is -3.00. The van der Waals surface area contributed by atoms with E-state index >= 15 is 0 Å². The van der Waals surface area contributed by atoms with Crippen molar-refractivity contribution in [3.05, 3.63) is 0 Å². The fourth-order valence-corrected chi connectivity index (χ4v) is 2.48. The number of rotatable bonds is 9. The van der Waals surface area contributed by atoms with Crippen LogP contribution in [0.2, 0.25) is 0 Å². The average Bonchev–Trinajstić information content (AvgIpc) is 2.58. The van der Waals surface area contributed by atoms with Crippen molar-refractivity contribution < 1.29 is 112 Å². The lowest BCUT2D eigenvalue weighted by molar-refractivity contribution is -0.870. The van der Waals surface area contributed by atoms with Crippen LogP contribution in [0.25, 0.3) is 0 Å². The molecule has 0 saturated heterocycles. The van der Waals surface area contributed by atoms with Crippen LogP contribution in [0.4, 0.5) is 74.6 Å². The number of halogens is 18. The van der Waals surface area contributed by atoms with Crippen molar-refractivity contribution in [2.45, 2.75) is 60.3 Å². The monoisotopic (exact) mass is 728 g/mol. The predicted octanol–water partition coefficient (Wildman–Crippen LogP) is 2.35. The number of primary sulfonamides is 1. The number of nitrogens with two attached hydrogens (primary N) is 1. The third-order valence-corrected chi connectivity index (χ3v) is 4.92. The molecule has 0 aromatic carbocycles. The minimum Gasteiger partial charge on any atom is -1.00 e. The summed E-state index contributed by atoms with van der Waals surface area (Å²) in [5, 5.41) is -4.30. The molecule has 0 aliphatic carbocycles. The fraction of sp³-hybridized carbons (Fsp3) is 1.00. The van der Waals surface area contributed by atoms with Crippen molar-refractivity contribution in [3.63, 3.8) is 0 Å². The molecule has 228 valence electrons. The van der Waals surface area contributed by atoms with E-state index in [2.05, 4.69) is 33.2 Å². The Labute approximate surface area is 215 Å². The molecule has 2 N–H and O–H groups in total. The van der Waals surface area contributed by atoms with Gasteiger partial charge in [0, 0.05) is 0 Å². The second kappa shape index (κ2) is 11.1. The highest BCUT2D eigenvalue weighted by Crippen LogP contribution is 2.64. The van der Waals surface area contributed by atoms with Crippen molar-refractivity contribution in [1.29, 1.82) is 0 Å². The first kappa shape index (κ1) is 40.9. The van der Waals surface area contributed by atoms with Crippen molar-refractivity contribution in [2.75, 3.05) is 27.7 Å². The van der Waals surface area contributed by atoms with Crippen LogP contribution in [0.3, 0.4) is 0 Å². The van der Waals surface area contributed by atoms with Gasteiger partial charge in [-0.05, 0) is 6.42 Å². The lowest BCUT2D eigenvalue weighted by Gasteiger charge is -2.42. The molecule has 37 heavy (non-hydrogen) atoms. The summed E-state index contributed by atoms with van der Waals surface area (Å²) in [6.07, 6.45) is -6.58. The highest BCUT2D eigenvalue weighted by Gasteiger charge is 2.96. The zero-order valence-corrected chi connectivity index (χ0v) is 21.4. The predicted molar refractivity (Wildman–Crippen MR) is 87.0 cm³/mol. The van der Waals surface area contributed by atoms with Gasteiger partial charge >= 0.3 is 47.0 Å². The maximum atomic E-state index is 13.1. The summed E-state index contributed by atoms with van der Waals surface area (Å²) in [7, 11) is -0.758. The van der Waals surface area contributed by atoms with E-state index in [-0.39, 0.29) is 24.0 Å². The van der Waals surface area contributed by atoms with Gasteiger partial charge in [0.05, 0.1) is 27.7 Å². The van der Waals surface area contributed by atoms with Crippen molar-refractivity contribution in [2.24, 2.45) is 5.14 Å². The molecule has 0 rings (SSSR count). The molecule has 0 bridgehead atoms. The van der Waals surface area contributed by atoms with Crippen LogP contribution in [0.1, 0.15) is 13.3 Å². The van der Waals surface area contributed by atoms with Crippen LogP contribution in [0.15, 0.2) is 0 Å². The normalized spacial score (nSPS) is 15.5. The summed E-state index contributed by atoms with van der Waals surface area (Å²) in [4.78, 5) is 0. The Kier molecular flexibility index (Phi) is 12.3. The van der Waals surface area contributed by atoms with Crippen molar-refractivity contribution in [1.82, 2.24) is 0 Å². The SMILES string of the molecule is CCC[N+](C)(C)C.NS(=O)(=O)C(F)(F)C(F)(F)C(F)(F)C(F)(F)C(F)(F)C(F)(F)C(F)(F)C(F)(F)F.[I-]. The Morgan fingerprint density at radius 1 is 0.568 bits per heavy atom. The number of hydrogen-bond donors (Lipinski definition) is 1. The maximum Gasteiger partial charge on any atom is 0.460 e. The molecule has 23 heteroatoms. The van der Waals surface area contributed by atoms with E-state index in [4.69, 9.17) is 0 Å². The van der Waals surface area contributed by atoms with Gasteiger partial charge < -0.3 is 28.5 Å².